The molecule has 0 saturated carbocycles. The van der Waals surface area contributed by atoms with E-state index in [1.54, 1.807) is 0 Å². The molecule has 1 N–H and O–H groups in total. The predicted octanol–water partition coefficient (Wildman–Crippen LogP) is 2.96. The minimum absolute atomic E-state index is 0.336. The van der Waals surface area contributed by atoms with Crippen LogP contribution in [0.3, 0.4) is 0 Å². The summed E-state index contributed by atoms with van der Waals surface area (Å²) in [4.78, 5) is 26.1. The molecule has 0 aliphatic carbocycles. The van der Waals surface area contributed by atoms with Crippen LogP contribution in [0.4, 0.5) is 0 Å². The fraction of sp³-hybridized carbons (Fsp3) is 0.286. The number of hydrogen-bond donors (Lipinski definition) is 1. The van der Waals surface area contributed by atoms with Gasteiger partial charge in [0.25, 0.3) is 11.8 Å². The van der Waals surface area contributed by atoms with E-state index in [1.807, 2.05) is 66.5 Å². The largest absolute Gasteiger partial charge is 0.748 e. The van der Waals surface area contributed by atoms with E-state index in [9.17, 15) is 9.59 Å². The van der Waals surface area contributed by atoms with Gasteiger partial charge in [-0.1, -0.05) is 36.4 Å². The number of imide groups is 1. The summed E-state index contributed by atoms with van der Waals surface area (Å²) in [5.41, 5.74) is 4.60. The zero-order valence-corrected chi connectivity index (χ0v) is 23.0. The SMILES string of the molecule is CS(=O)(=O)[O-].Cn1cc(C2=C(c3cn(CCC[N+](C)(C)C)c4ccccc34)C(=O)NC2=O)c2ccccc21. The van der Waals surface area contributed by atoms with Crippen LogP contribution in [-0.2, 0) is 33.3 Å². The van der Waals surface area contributed by atoms with Crippen molar-refractivity contribution in [2.45, 2.75) is 13.0 Å². The Morgan fingerprint density at radius 2 is 1.32 bits per heavy atom. The molecule has 0 fully saturated rings. The molecule has 0 atom stereocenters. The molecular weight excluding hydrogens is 504 g/mol. The number of benzene rings is 2. The lowest BCUT2D eigenvalue weighted by molar-refractivity contribution is -0.870. The van der Waals surface area contributed by atoms with Gasteiger partial charge in [-0.25, -0.2) is 8.42 Å². The second kappa shape index (κ2) is 10.2. The number of fused-ring (bicyclic) bond motifs is 2. The van der Waals surface area contributed by atoms with E-state index in [-0.39, 0.29) is 11.8 Å². The third kappa shape index (κ3) is 5.88. The number of rotatable bonds is 6. The van der Waals surface area contributed by atoms with Crippen LogP contribution in [0.2, 0.25) is 0 Å². The molecule has 2 aromatic carbocycles. The van der Waals surface area contributed by atoms with Gasteiger partial charge in [0.05, 0.1) is 49.0 Å². The van der Waals surface area contributed by atoms with Crippen molar-refractivity contribution >= 4 is 54.9 Å². The molecular formula is C28H32N4O5S. The van der Waals surface area contributed by atoms with Gasteiger partial charge in [0.2, 0.25) is 0 Å². The minimum atomic E-state index is -3.92. The van der Waals surface area contributed by atoms with Gasteiger partial charge in [-0.3, -0.25) is 14.9 Å². The minimum Gasteiger partial charge on any atom is -0.748 e. The lowest BCUT2D eigenvalue weighted by Gasteiger charge is -2.23. The Balaban J connectivity index is 0.000000617. The molecule has 0 saturated heterocycles. The molecule has 2 aromatic heterocycles. The van der Waals surface area contributed by atoms with E-state index in [4.69, 9.17) is 13.0 Å². The normalized spacial score (nSPS) is 14.3. The van der Waals surface area contributed by atoms with E-state index in [1.165, 1.54) is 0 Å². The Bertz CT molecular complexity index is 1680. The van der Waals surface area contributed by atoms with Crippen LogP contribution in [-0.4, -0.2) is 72.3 Å². The maximum absolute atomic E-state index is 13.1. The third-order valence-electron chi connectivity index (χ3n) is 6.38. The summed E-state index contributed by atoms with van der Waals surface area (Å²) in [5, 5.41) is 4.50. The molecule has 9 nitrogen and oxygen atoms in total. The average Bonchev–Trinajstić information content (AvgIpc) is 3.43. The second-order valence-corrected chi connectivity index (χ2v) is 11.9. The van der Waals surface area contributed by atoms with Crippen LogP contribution in [0.15, 0.2) is 60.9 Å². The van der Waals surface area contributed by atoms with Crippen molar-refractivity contribution in [3.63, 3.8) is 0 Å². The molecule has 1 aliphatic heterocycles. The van der Waals surface area contributed by atoms with Crippen LogP contribution < -0.4 is 5.32 Å². The highest BCUT2D eigenvalue weighted by atomic mass is 32.2. The summed E-state index contributed by atoms with van der Waals surface area (Å²) in [6.07, 6.45) is 5.60. The van der Waals surface area contributed by atoms with Gasteiger partial charge in [-0.05, 0) is 12.1 Å². The van der Waals surface area contributed by atoms with Crippen molar-refractivity contribution in [2.75, 3.05) is 33.9 Å². The predicted molar refractivity (Wildman–Crippen MR) is 148 cm³/mol. The van der Waals surface area contributed by atoms with Crippen LogP contribution in [0.1, 0.15) is 17.5 Å². The third-order valence-corrected chi connectivity index (χ3v) is 6.38. The second-order valence-electron chi connectivity index (χ2n) is 10.5. The zero-order chi connectivity index (χ0) is 27.8. The van der Waals surface area contributed by atoms with Gasteiger partial charge in [0.15, 0.2) is 0 Å². The number of nitrogens with zero attached hydrogens (tertiary/aromatic N) is 3. The summed E-state index contributed by atoms with van der Waals surface area (Å²) in [7, 11) is 4.61. The average molecular weight is 537 g/mol. The van der Waals surface area contributed by atoms with E-state index in [2.05, 4.69) is 37.1 Å². The Morgan fingerprint density at radius 3 is 1.87 bits per heavy atom. The van der Waals surface area contributed by atoms with Gasteiger partial charge in [0.1, 0.15) is 0 Å². The number of para-hydroxylation sites is 2. The Morgan fingerprint density at radius 1 is 0.842 bits per heavy atom. The van der Waals surface area contributed by atoms with Crippen molar-refractivity contribution in [1.82, 2.24) is 14.5 Å². The molecule has 5 rings (SSSR count). The Kier molecular flexibility index (Phi) is 7.33. The first-order valence-corrected chi connectivity index (χ1v) is 14.0. The van der Waals surface area contributed by atoms with Gasteiger partial charge in [-0.15, -0.1) is 0 Å². The highest BCUT2D eigenvalue weighted by molar-refractivity contribution is 7.84. The van der Waals surface area contributed by atoms with E-state index < -0.39 is 10.1 Å². The number of carbonyl (C=O) groups is 2. The van der Waals surface area contributed by atoms with Gasteiger partial charge < -0.3 is 18.2 Å². The van der Waals surface area contributed by atoms with E-state index >= 15 is 0 Å². The number of aromatic nitrogens is 2. The number of aryl methyl sites for hydroxylation is 2. The standard InChI is InChI=1S/C27H28N4O2.CH4O3S/c1-29-16-20(18-10-5-7-12-22(18)29)24-25(27(33)28-26(24)32)21-17-30(14-9-15-31(2,3)4)23-13-8-6-11-19(21)23;1-5(2,3)4/h5-8,10-13,16-17H,9,14-15H2,1-4H3;1H3,(H,2,3,4). The molecule has 10 heteroatoms. The molecule has 2 amide bonds. The molecule has 0 unspecified atom stereocenters. The summed E-state index contributed by atoms with van der Waals surface area (Å²) in [6.45, 7) is 1.90. The summed E-state index contributed by atoms with van der Waals surface area (Å²) in [5.74, 6) is -0.676. The maximum atomic E-state index is 13.1. The fourth-order valence-corrected chi connectivity index (χ4v) is 4.86. The molecule has 1 aliphatic rings. The first-order chi connectivity index (χ1) is 17.7. The molecule has 3 heterocycles. The summed E-state index contributed by atoms with van der Waals surface area (Å²) >= 11 is 0. The van der Waals surface area contributed by atoms with Crippen LogP contribution in [0.25, 0.3) is 33.0 Å². The highest BCUT2D eigenvalue weighted by Gasteiger charge is 2.35. The Hall–Kier alpha value is -3.73. The number of carbonyl (C=O) groups excluding carboxylic acids is 2. The molecule has 200 valence electrons. The van der Waals surface area contributed by atoms with Crippen molar-refractivity contribution in [1.29, 1.82) is 0 Å². The molecule has 0 radical (unpaired) electrons. The van der Waals surface area contributed by atoms with Crippen molar-refractivity contribution in [2.24, 2.45) is 7.05 Å². The highest BCUT2D eigenvalue weighted by Crippen LogP contribution is 2.38. The van der Waals surface area contributed by atoms with Gasteiger partial charge in [-0.2, -0.15) is 0 Å². The zero-order valence-electron chi connectivity index (χ0n) is 22.2. The van der Waals surface area contributed by atoms with E-state index in [0.717, 1.165) is 56.9 Å². The van der Waals surface area contributed by atoms with Crippen LogP contribution in [0, 0.1) is 0 Å². The number of nitrogens with one attached hydrogen (secondary N) is 1. The lowest BCUT2D eigenvalue weighted by Crippen LogP contribution is -2.35. The topological polar surface area (TPSA) is 113 Å². The number of amides is 2. The van der Waals surface area contributed by atoms with Crippen molar-refractivity contribution in [3.8, 4) is 0 Å². The molecule has 38 heavy (non-hydrogen) atoms. The molecule has 0 spiro atoms. The monoisotopic (exact) mass is 536 g/mol. The number of quaternary nitrogens is 1. The molecule has 0 bridgehead atoms. The van der Waals surface area contributed by atoms with Gasteiger partial charge >= 0.3 is 0 Å². The first kappa shape index (κ1) is 27.3. The van der Waals surface area contributed by atoms with E-state index in [0.29, 0.717) is 17.4 Å². The van der Waals surface area contributed by atoms with Crippen molar-refractivity contribution in [3.05, 3.63) is 72.1 Å². The van der Waals surface area contributed by atoms with Gasteiger partial charge in [0, 0.05) is 71.6 Å². The maximum Gasteiger partial charge on any atom is 0.259 e. The first-order valence-electron chi connectivity index (χ1n) is 12.2. The molecule has 4 aromatic rings. The fourth-order valence-electron chi connectivity index (χ4n) is 4.86. The smallest absolute Gasteiger partial charge is 0.259 e. The quantitative estimate of drug-likeness (QED) is 0.231. The Labute approximate surface area is 222 Å². The number of hydrogen-bond acceptors (Lipinski definition) is 5. The lowest BCUT2D eigenvalue weighted by atomic mass is 9.95. The van der Waals surface area contributed by atoms with Crippen LogP contribution in [0.5, 0.6) is 0 Å². The van der Waals surface area contributed by atoms with Crippen molar-refractivity contribution < 1.29 is 27.0 Å². The summed E-state index contributed by atoms with van der Waals surface area (Å²) in [6, 6.07) is 16.1. The van der Waals surface area contributed by atoms with Crippen LogP contribution >= 0.6 is 0 Å². The summed E-state index contributed by atoms with van der Waals surface area (Å²) < 4.78 is 32.3.